The molecule has 4 aromatic carbocycles. The third-order valence-electron chi connectivity index (χ3n) is 13.3. The van der Waals surface area contributed by atoms with E-state index < -0.39 is 0 Å². The van der Waals surface area contributed by atoms with Crippen molar-refractivity contribution < 1.29 is 4.74 Å². The summed E-state index contributed by atoms with van der Waals surface area (Å²) >= 11 is 0. The maximum absolute atomic E-state index is 7.15. The van der Waals surface area contributed by atoms with E-state index >= 15 is 0 Å². The molecule has 4 heteroatoms. The number of hydrogen-bond acceptors (Lipinski definition) is 3. The van der Waals surface area contributed by atoms with E-state index in [2.05, 4.69) is 146 Å². The third kappa shape index (κ3) is 3.78. The van der Waals surface area contributed by atoms with E-state index in [-0.39, 0.29) is 40.5 Å². The first-order valence-corrected chi connectivity index (χ1v) is 18.4. The van der Waals surface area contributed by atoms with E-state index in [1.165, 1.54) is 87.2 Å². The van der Waals surface area contributed by atoms with Gasteiger partial charge in [0.15, 0.2) is 6.23 Å². The molecule has 48 heavy (non-hydrogen) atoms. The summed E-state index contributed by atoms with van der Waals surface area (Å²) in [5, 5.41) is 0. The summed E-state index contributed by atoms with van der Waals surface area (Å²) in [5.41, 5.74) is 17.1. The Morgan fingerprint density at radius 3 is 2.21 bits per heavy atom. The molecule has 0 N–H and O–H groups in total. The number of aryl methyl sites for hydroxylation is 2. The Labute approximate surface area is 288 Å². The predicted octanol–water partition coefficient (Wildman–Crippen LogP) is 9.76. The molecule has 0 aromatic heterocycles. The van der Waals surface area contributed by atoms with E-state index in [1.54, 1.807) is 5.56 Å². The number of ether oxygens (including phenoxy) is 1. The highest BCUT2D eigenvalue weighted by Crippen LogP contribution is 2.63. The van der Waals surface area contributed by atoms with Crippen molar-refractivity contribution in [3.8, 4) is 5.75 Å². The van der Waals surface area contributed by atoms with Gasteiger partial charge in [-0.05, 0) is 113 Å². The van der Waals surface area contributed by atoms with E-state index in [4.69, 9.17) is 4.74 Å². The summed E-state index contributed by atoms with van der Waals surface area (Å²) in [6.07, 6.45) is 4.90. The minimum atomic E-state index is -0.135. The molecule has 4 aromatic rings. The molecule has 4 aliphatic heterocycles. The monoisotopic (exact) mass is 634 g/mol. The van der Waals surface area contributed by atoms with Crippen molar-refractivity contribution >= 4 is 40.4 Å². The maximum Gasteiger partial charge on any atom is 0.231 e. The van der Waals surface area contributed by atoms with Gasteiger partial charge in [-0.15, -0.1) is 0 Å². The predicted molar refractivity (Wildman–Crippen MR) is 203 cm³/mol. The van der Waals surface area contributed by atoms with Crippen LogP contribution in [0.5, 0.6) is 5.75 Å². The Morgan fingerprint density at radius 1 is 0.771 bits per heavy atom. The molecule has 9 rings (SSSR count). The second kappa shape index (κ2) is 9.52. The second-order valence-corrected chi connectivity index (χ2v) is 18.2. The lowest BCUT2D eigenvalue weighted by atomic mass is 9.29. The Balaban J connectivity index is 1.39. The molecule has 1 aliphatic carbocycles. The lowest BCUT2D eigenvalue weighted by Crippen LogP contribution is -2.65. The lowest BCUT2D eigenvalue weighted by Gasteiger charge is -2.53. The van der Waals surface area contributed by atoms with Crippen LogP contribution in [0.2, 0.25) is 0 Å². The molecule has 1 saturated carbocycles. The third-order valence-corrected chi connectivity index (χ3v) is 13.3. The minimum absolute atomic E-state index is 0.0153. The maximum atomic E-state index is 7.15. The van der Waals surface area contributed by atoms with Gasteiger partial charge < -0.3 is 14.5 Å². The number of fused-ring (bicyclic) bond motifs is 9. The number of para-hydroxylation sites is 1. The Bertz CT molecular complexity index is 2030. The topological polar surface area (TPSA) is 15.7 Å². The zero-order valence-corrected chi connectivity index (χ0v) is 30.7. The number of hydrogen-bond donors (Lipinski definition) is 0. The molecule has 4 heterocycles. The van der Waals surface area contributed by atoms with Crippen molar-refractivity contribution in [2.45, 2.75) is 129 Å². The van der Waals surface area contributed by atoms with Gasteiger partial charge in [0, 0.05) is 34.0 Å². The molecule has 0 radical (unpaired) electrons. The SMILES string of the molecule is Cc1cc2c3c(c1)N1c4c(cc(C(C)(C)C)cc4C4(C)CCCCC14C)B3C1c3ccccc3OC1N2c1ccc(C(C)(C)C)cc1C. The summed E-state index contributed by atoms with van der Waals surface area (Å²) in [5.74, 6) is 1.20. The Kier molecular flexibility index (Phi) is 6.03. The van der Waals surface area contributed by atoms with Crippen molar-refractivity contribution in [3.05, 3.63) is 100 Å². The summed E-state index contributed by atoms with van der Waals surface area (Å²) in [4.78, 5) is 5.45. The smallest absolute Gasteiger partial charge is 0.231 e. The summed E-state index contributed by atoms with van der Waals surface area (Å²) in [6, 6.07) is 26.2. The molecule has 3 nitrogen and oxygen atoms in total. The molecule has 0 bridgehead atoms. The van der Waals surface area contributed by atoms with Crippen LogP contribution in [-0.2, 0) is 16.2 Å². The molecule has 1 fully saturated rings. The van der Waals surface area contributed by atoms with Crippen molar-refractivity contribution in [1.82, 2.24) is 0 Å². The van der Waals surface area contributed by atoms with Crippen LogP contribution in [0.25, 0.3) is 0 Å². The van der Waals surface area contributed by atoms with Crippen LogP contribution in [0.15, 0.2) is 66.7 Å². The van der Waals surface area contributed by atoms with Gasteiger partial charge in [0.05, 0.1) is 5.54 Å². The van der Waals surface area contributed by atoms with Crippen molar-refractivity contribution in [2.75, 3.05) is 9.80 Å². The normalized spacial score (nSPS) is 26.4. The van der Waals surface area contributed by atoms with Gasteiger partial charge in [0.2, 0.25) is 6.71 Å². The van der Waals surface area contributed by atoms with Gasteiger partial charge >= 0.3 is 0 Å². The van der Waals surface area contributed by atoms with Crippen LogP contribution < -0.4 is 25.5 Å². The fraction of sp³-hybridized carbons (Fsp3) is 0.455. The molecule has 5 aliphatic rings. The molecule has 0 saturated heterocycles. The largest absolute Gasteiger partial charge is 0.470 e. The van der Waals surface area contributed by atoms with Crippen LogP contribution >= 0.6 is 0 Å². The zero-order chi connectivity index (χ0) is 33.7. The fourth-order valence-corrected chi connectivity index (χ4v) is 10.5. The molecule has 246 valence electrons. The van der Waals surface area contributed by atoms with Gasteiger partial charge in [-0.1, -0.05) is 104 Å². The van der Waals surface area contributed by atoms with Crippen LogP contribution in [0.1, 0.15) is 120 Å². The number of anilines is 4. The Hall–Kier alpha value is -3.66. The lowest BCUT2D eigenvalue weighted by molar-refractivity contribution is 0.195. The first kappa shape index (κ1) is 30.4. The van der Waals surface area contributed by atoms with E-state index in [9.17, 15) is 0 Å². The van der Waals surface area contributed by atoms with Crippen LogP contribution in [-0.4, -0.2) is 18.5 Å². The fourth-order valence-electron chi connectivity index (χ4n) is 10.5. The number of benzene rings is 4. The highest BCUT2D eigenvalue weighted by Gasteiger charge is 2.63. The molecular weight excluding hydrogens is 583 g/mol. The molecule has 0 spiro atoms. The number of nitrogens with zero attached hydrogens (tertiary/aromatic N) is 2. The summed E-state index contributed by atoms with van der Waals surface area (Å²) < 4.78 is 7.15. The van der Waals surface area contributed by atoms with Gasteiger partial charge in [-0.25, -0.2) is 0 Å². The first-order chi connectivity index (χ1) is 22.6. The minimum Gasteiger partial charge on any atom is -0.470 e. The first-order valence-electron chi connectivity index (χ1n) is 18.4. The standard InChI is InChI=1S/C44H51BN2O/c1-26-21-34-38-35(22-26)47-39-31(43(9)19-13-14-20-44(43,47)10)24-29(42(6,7)8)25-32(39)45(38)37-30-15-11-12-16-36(30)48-40(37)46(34)33-18-17-28(23-27(33)2)41(3,4)5/h11-12,15-18,21-25,37,40H,13-14,19-20H2,1-10H3. The molecule has 4 atom stereocenters. The quantitative estimate of drug-likeness (QED) is 0.194. The van der Waals surface area contributed by atoms with Gasteiger partial charge in [-0.2, -0.15) is 0 Å². The van der Waals surface area contributed by atoms with Crippen LogP contribution in [0.4, 0.5) is 22.7 Å². The number of rotatable bonds is 1. The highest BCUT2D eigenvalue weighted by molar-refractivity contribution is 6.91. The molecular formula is C44H51BN2O. The van der Waals surface area contributed by atoms with Gasteiger partial charge in [-0.3, -0.25) is 0 Å². The highest BCUT2D eigenvalue weighted by atomic mass is 16.5. The second-order valence-electron chi connectivity index (χ2n) is 18.2. The van der Waals surface area contributed by atoms with Gasteiger partial charge in [0.1, 0.15) is 5.75 Å². The van der Waals surface area contributed by atoms with E-state index in [0.717, 1.165) is 5.75 Å². The zero-order valence-electron chi connectivity index (χ0n) is 30.7. The summed E-state index contributed by atoms with van der Waals surface area (Å²) in [6.45, 7) is 24.1. The molecule has 4 unspecified atom stereocenters. The average molecular weight is 635 g/mol. The van der Waals surface area contributed by atoms with Crippen LogP contribution in [0, 0.1) is 13.8 Å². The van der Waals surface area contributed by atoms with Crippen molar-refractivity contribution in [3.63, 3.8) is 0 Å². The molecule has 0 amide bonds. The average Bonchev–Trinajstić information content (AvgIpc) is 3.49. The van der Waals surface area contributed by atoms with Crippen LogP contribution in [0.3, 0.4) is 0 Å². The van der Waals surface area contributed by atoms with Crippen molar-refractivity contribution in [1.29, 1.82) is 0 Å². The van der Waals surface area contributed by atoms with E-state index in [0.29, 0.717) is 0 Å². The van der Waals surface area contributed by atoms with Crippen molar-refractivity contribution in [2.24, 2.45) is 0 Å². The Morgan fingerprint density at radius 2 is 1.48 bits per heavy atom. The summed E-state index contributed by atoms with van der Waals surface area (Å²) in [7, 11) is 0. The van der Waals surface area contributed by atoms with Gasteiger partial charge in [0.25, 0.3) is 0 Å². The van der Waals surface area contributed by atoms with E-state index in [1.807, 2.05) is 0 Å².